The van der Waals surface area contributed by atoms with Gasteiger partial charge in [-0.25, -0.2) is 9.59 Å². The Morgan fingerprint density at radius 3 is 2.41 bits per heavy atom. The Hall–Kier alpha value is -3.35. The predicted molar refractivity (Wildman–Crippen MR) is 108 cm³/mol. The average Bonchev–Trinajstić information content (AvgIpc) is 2.73. The molecule has 1 atom stereocenters. The highest BCUT2D eigenvalue weighted by atomic mass is 16.4. The number of urea groups is 1. The minimum absolute atomic E-state index is 0.0226. The number of fused-ring (bicyclic) bond motifs is 1. The first kappa shape index (κ1) is 20.4. The normalized spacial score (nSPS) is 13.9. The molecular weight excluding hydrogens is 370 g/mol. The van der Waals surface area contributed by atoms with Crippen LogP contribution in [-0.2, 0) is 29.0 Å². The molecule has 3 amide bonds. The van der Waals surface area contributed by atoms with Crippen molar-refractivity contribution in [2.75, 3.05) is 13.1 Å². The van der Waals surface area contributed by atoms with Crippen LogP contribution in [0.2, 0.25) is 0 Å². The lowest BCUT2D eigenvalue weighted by atomic mass is 10.0. The number of carboxylic acid groups (broad SMARTS) is 1. The number of aliphatic carboxylic acids is 1. The van der Waals surface area contributed by atoms with Crippen molar-refractivity contribution in [1.29, 1.82) is 0 Å². The lowest BCUT2D eigenvalue weighted by Crippen LogP contribution is -2.45. The summed E-state index contributed by atoms with van der Waals surface area (Å²) in [4.78, 5) is 37.6. The zero-order valence-corrected chi connectivity index (χ0v) is 16.1. The predicted octanol–water partition coefficient (Wildman–Crippen LogP) is 1.96. The largest absolute Gasteiger partial charge is 0.480 e. The van der Waals surface area contributed by atoms with Gasteiger partial charge in [0.2, 0.25) is 5.91 Å². The Labute approximate surface area is 169 Å². The molecule has 2 aromatic carbocycles. The van der Waals surface area contributed by atoms with E-state index in [0.717, 1.165) is 17.5 Å². The van der Waals surface area contributed by atoms with Crippen LogP contribution in [0.3, 0.4) is 0 Å². The third-order valence-electron chi connectivity index (χ3n) is 4.96. The van der Waals surface area contributed by atoms with Crippen LogP contribution < -0.4 is 10.6 Å². The summed E-state index contributed by atoms with van der Waals surface area (Å²) in [6.07, 6.45) is 1.04. The first-order chi connectivity index (χ1) is 14.0. The van der Waals surface area contributed by atoms with Crippen molar-refractivity contribution in [2.24, 2.45) is 0 Å². The summed E-state index contributed by atoms with van der Waals surface area (Å²) in [5, 5.41) is 14.6. The molecule has 7 nitrogen and oxygen atoms in total. The van der Waals surface area contributed by atoms with E-state index in [0.29, 0.717) is 13.1 Å². The maximum absolute atomic E-state index is 12.3. The first-order valence-corrected chi connectivity index (χ1v) is 9.68. The van der Waals surface area contributed by atoms with E-state index in [9.17, 15) is 19.5 Å². The number of hydrogen-bond donors (Lipinski definition) is 3. The van der Waals surface area contributed by atoms with Gasteiger partial charge in [-0.1, -0.05) is 54.6 Å². The lowest BCUT2D eigenvalue weighted by Gasteiger charge is -2.29. The molecule has 1 heterocycles. The Morgan fingerprint density at radius 1 is 1.00 bits per heavy atom. The molecule has 0 aromatic heterocycles. The molecule has 1 aliphatic rings. The molecule has 0 fully saturated rings. The van der Waals surface area contributed by atoms with Crippen molar-refractivity contribution < 1.29 is 19.5 Å². The number of rotatable bonds is 7. The van der Waals surface area contributed by atoms with Crippen molar-refractivity contribution in [3.63, 3.8) is 0 Å². The van der Waals surface area contributed by atoms with Gasteiger partial charge < -0.3 is 20.6 Å². The van der Waals surface area contributed by atoms with E-state index in [-0.39, 0.29) is 25.4 Å². The van der Waals surface area contributed by atoms with Crippen LogP contribution in [0, 0.1) is 0 Å². The number of nitrogens with one attached hydrogen (secondary N) is 2. The SMILES string of the molecule is O=C(CCNC(=O)N1CCc2ccccc2C1)N[C@@H](Cc1ccccc1)C(=O)O. The van der Waals surface area contributed by atoms with E-state index in [1.54, 1.807) is 4.90 Å². The van der Waals surface area contributed by atoms with E-state index in [1.807, 2.05) is 48.5 Å². The van der Waals surface area contributed by atoms with Gasteiger partial charge in [-0.15, -0.1) is 0 Å². The van der Waals surface area contributed by atoms with Gasteiger partial charge in [0.15, 0.2) is 0 Å². The van der Waals surface area contributed by atoms with Crippen molar-refractivity contribution in [3.8, 4) is 0 Å². The quantitative estimate of drug-likeness (QED) is 0.667. The number of amides is 3. The van der Waals surface area contributed by atoms with E-state index >= 15 is 0 Å². The highest BCUT2D eigenvalue weighted by Crippen LogP contribution is 2.18. The first-order valence-electron chi connectivity index (χ1n) is 9.68. The van der Waals surface area contributed by atoms with Gasteiger partial charge in [0, 0.05) is 32.5 Å². The van der Waals surface area contributed by atoms with Crippen molar-refractivity contribution in [2.45, 2.75) is 31.8 Å². The zero-order chi connectivity index (χ0) is 20.6. The fraction of sp³-hybridized carbons (Fsp3) is 0.318. The van der Waals surface area contributed by atoms with Crippen LogP contribution in [0.15, 0.2) is 54.6 Å². The number of benzene rings is 2. The smallest absolute Gasteiger partial charge is 0.326 e. The zero-order valence-electron chi connectivity index (χ0n) is 16.1. The second-order valence-electron chi connectivity index (χ2n) is 7.07. The molecule has 0 saturated heterocycles. The molecular formula is C22H25N3O4. The standard InChI is InChI=1S/C22H25N3O4/c26-20(24-19(21(27)28)14-16-6-2-1-3-7-16)10-12-23-22(29)25-13-11-17-8-4-5-9-18(17)15-25/h1-9,19H,10-15H2,(H,23,29)(H,24,26)(H,27,28)/t19-/m0/s1. The van der Waals surface area contributed by atoms with Crippen LogP contribution >= 0.6 is 0 Å². The number of carboxylic acids is 1. The summed E-state index contributed by atoms with van der Waals surface area (Å²) in [7, 11) is 0. The van der Waals surface area contributed by atoms with Gasteiger partial charge in [0.1, 0.15) is 6.04 Å². The number of hydrogen-bond acceptors (Lipinski definition) is 3. The third kappa shape index (κ3) is 5.81. The molecule has 1 aliphatic heterocycles. The maximum atomic E-state index is 12.3. The Kier molecular flexibility index (Phi) is 6.84. The van der Waals surface area contributed by atoms with Crippen LogP contribution in [-0.4, -0.2) is 47.0 Å². The number of carbonyl (C=O) groups excluding carboxylic acids is 2. The monoisotopic (exact) mass is 395 g/mol. The summed E-state index contributed by atoms with van der Waals surface area (Å²) in [5.74, 6) is -1.49. The second kappa shape index (κ2) is 9.73. The van der Waals surface area contributed by atoms with Crippen molar-refractivity contribution in [3.05, 3.63) is 71.3 Å². The van der Waals surface area contributed by atoms with Crippen molar-refractivity contribution in [1.82, 2.24) is 15.5 Å². The fourth-order valence-electron chi connectivity index (χ4n) is 3.38. The van der Waals surface area contributed by atoms with E-state index < -0.39 is 17.9 Å². The Bertz CT molecular complexity index is 869. The minimum Gasteiger partial charge on any atom is -0.480 e. The van der Waals surface area contributed by atoms with Crippen LogP contribution in [0.5, 0.6) is 0 Å². The molecule has 7 heteroatoms. The molecule has 3 rings (SSSR count). The Balaban J connectivity index is 1.43. The molecule has 0 unspecified atom stereocenters. The molecule has 2 aromatic rings. The fourth-order valence-corrected chi connectivity index (χ4v) is 3.38. The molecule has 0 radical (unpaired) electrons. The van der Waals surface area contributed by atoms with Crippen molar-refractivity contribution >= 4 is 17.9 Å². The van der Waals surface area contributed by atoms with Gasteiger partial charge in [0.05, 0.1) is 0 Å². The summed E-state index contributed by atoms with van der Waals surface area (Å²) in [6, 6.07) is 16.0. The highest BCUT2D eigenvalue weighted by molar-refractivity contribution is 5.84. The topological polar surface area (TPSA) is 98.7 Å². The van der Waals surface area contributed by atoms with E-state index in [4.69, 9.17) is 0 Å². The van der Waals surface area contributed by atoms with Gasteiger partial charge in [-0.3, -0.25) is 4.79 Å². The van der Waals surface area contributed by atoms with Crippen LogP contribution in [0.4, 0.5) is 4.79 Å². The second-order valence-corrected chi connectivity index (χ2v) is 7.07. The molecule has 0 bridgehead atoms. The third-order valence-corrected chi connectivity index (χ3v) is 4.96. The molecule has 0 spiro atoms. The number of carbonyl (C=O) groups is 3. The molecule has 3 N–H and O–H groups in total. The minimum atomic E-state index is -1.08. The van der Waals surface area contributed by atoms with Gasteiger partial charge in [-0.05, 0) is 23.1 Å². The van der Waals surface area contributed by atoms with Gasteiger partial charge >= 0.3 is 12.0 Å². The van der Waals surface area contributed by atoms with Crippen LogP contribution in [0.25, 0.3) is 0 Å². The lowest BCUT2D eigenvalue weighted by molar-refractivity contribution is -0.141. The van der Waals surface area contributed by atoms with E-state index in [2.05, 4.69) is 16.7 Å². The van der Waals surface area contributed by atoms with Gasteiger partial charge in [-0.2, -0.15) is 0 Å². The highest BCUT2D eigenvalue weighted by Gasteiger charge is 2.22. The Morgan fingerprint density at radius 2 is 1.69 bits per heavy atom. The molecule has 0 aliphatic carbocycles. The summed E-state index contributed by atoms with van der Waals surface area (Å²) in [5.41, 5.74) is 3.23. The maximum Gasteiger partial charge on any atom is 0.326 e. The molecule has 29 heavy (non-hydrogen) atoms. The van der Waals surface area contributed by atoms with Crippen LogP contribution in [0.1, 0.15) is 23.1 Å². The molecule has 0 saturated carbocycles. The summed E-state index contributed by atoms with van der Waals surface area (Å²) >= 11 is 0. The van der Waals surface area contributed by atoms with Gasteiger partial charge in [0.25, 0.3) is 0 Å². The number of nitrogens with zero attached hydrogens (tertiary/aromatic N) is 1. The summed E-state index contributed by atoms with van der Waals surface area (Å²) < 4.78 is 0. The average molecular weight is 395 g/mol. The molecule has 152 valence electrons. The van der Waals surface area contributed by atoms with E-state index in [1.165, 1.54) is 5.56 Å². The summed E-state index contributed by atoms with van der Waals surface area (Å²) in [6.45, 7) is 1.33.